The van der Waals surface area contributed by atoms with E-state index >= 15 is 0 Å². The van der Waals surface area contributed by atoms with Gasteiger partial charge in [0.25, 0.3) is 5.91 Å². The normalized spacial score (nSPS) is 13.0. The maximum atomic E-state index is 12.7. The molecule has 0 atom stereocenters. The van der Waals surface area contributed by atoms with Crippen molar-refractivity contribution in [1.29, 1.82) is 0 Å². The smallest absolute Gasteiger partial charge is 0.341 e. The number of carbonyl (C=O) groups excluding carboxylic acids is 2. The van der Waals surface area contributed by atoms with Gasteiger partial charge in [-0.25, -0.2) is 4.79 Å². The Balaban J connectivity index is 1.88. The minimum absolute atomic E-state index is 0.297. The molecule has 7 heteroatoms. The number of hydrogen-bond donors (Lipinski definition) is 1. The molecule has 2 aromatic rings. The first-order chi connectivity index (χ1) is 13.0. The summed E-state index contributed by atoms with van der Waals surface area (Å²) < 4.78 is 10.6. The van der Waals surface area contributed by atoms with Crippen molar-refractivity contribution >= 4 is 39.8 Å². The van der Waals surface area contributed by atoms with Crippen LogP contribution in [0.3, 0.4) is 0 Å². The van der Waals surface area contributed by atoms with Gasteiger partial charge < -0.3 is 14.8 Å². The summed E-state index contributed by atoms with van der Waals surface area (Å²) in [6, 6.07) is 4.90. The second-order valence-corrected chi connectivity index (χ2v) is 7.68. The SMILES string of the molecule is CCOC(=O)c1c(NC(=O)c2ccc(OCC)c(Cl)c2)sc2c1CCCC2. The Morgan fingerprint density at radius 2 is 1.96 bits per heavy atom. The Kier molecular flexibility index (Phi) is 6.39. The predicted octanol–water partition coefficient (Wildman–Crippen LogP) is 5.11. The number of aryl methyl sites for hydroxylation is 1. The van der Waals surface area contributed by atoms with Crippen LogP contribution in [0.2, 0.25) is 5.02 Å². The number of ether oxygens (including phenoxy) is 2. The molecule has 1 aliphatic rings. The number of esters is 1. The molecule has 3 rings (SSSR count). The quantitative estimate of drug-likeness (QED) is 0.676. The van der Waals surface area contributed by atoms with Crippen molar-refractivity contribution in [3.05, 3.63) is 44.8 Å². The summed E-state index contributed by atoms with van der Waals surface area (Å²) in [6.07, 6.45) is 3.90. The Morgan fingerprint density at radius 1 is 1.19 bits per heavy atom. The summed E-state index contributed by atoms with van der Waals surface area (Å²) in [5.41, 5.74) is 1.93. The molecule has 1 aliphatic carbocycles. The summed E-state index contributed by atoms with van der Waals surface area (Å²) in [5, 5.41) is 3.81. The molecule has 27 heavy (non-hydrogen) atoms. The Hall–Kier alpha value is -2.05. The zero-order valence-corrected chi connectivity index (χ0v) is 17.0. The summed E-state index contributed by atoms with van der Waals surface area (Å²) >= 11 is 7.65. The molecule has 0 fully saturated rings. The number of hydrogen-bond acceptors (Lipinski definition) is 5. The highest BCUT2D eigenvalue weighted by molar-refractivity contribution is 7.17. The first-order valence-electron chi connectivity index (χ1n) is 9.10. The lowest BCUT2D eigenvalue weighted by atomic mass is 9.95. The molecule has 1 aromatic carbocycles. The standard InChI is InChI=1S/C20H22ClNO4S/c1-3-25-15-10-9-12(11-14(15)21)18(23)22-19-17(20(24)26-4-2)13-7-5-6-8-16(13)27-19/h9-11H,3-8H2,1-2H3,(H,22,23). The molecule has 0 saturated heterocycles. The fourth-order valence-corrected chi connectivity index (χ4v) is 4.67. The van der Waals surface area contributed by atoms with Gasteiger partial charge >= 0.3 is 5.97 Å². The monoisotopic (exact) mass is 407 g/mol. The third kappa shape index (κ3) is 4.28. The average Bonchev–Trinajstić information content (AvgIpc) is 3.01. The number of thiophene rings is 1. The van der Waals surface area contributed by atoms with Crippen LogP contribution in [0.4, 0.5) is 5.00 Å². The number of anilines is 1. The van der Waals surface area contributed by atoms with Crippen LogP contribution in [-0.2, 0) is 17.6 Å². The third-order valence-corrected chi connectivity index (χ3v) is 5.87. The second-order valence-electron chi connectivity index (χ2n) is 6.17. The summed E-state index contributed by atoms with van der Waals surface area (Å²) in [5.74, 6) is -0.157. The lowest BCUT2D eigenvalue weighted by Crippen LogP contribution is -2.15. The van der Waals surface area contributed by atoms with Gasteiger partial charge in [-0.15, -0.1) is 11.3 Å². The Morgan fingerprint density at radius 3 is 2.67 bits per heavy atom. The Labute approximate surface area is 167 Å². The van der Waals surface area contributed by atoms with Gasteiger partial charge in [-0.3, -0.25) is 4.79 Å². The molecule has 0 spiro atoms. The number of benzene rings is 1. The number of fused-ring (bicyclic) bond motifs is 1. The van der Waals surface area contributed by atoms with Crippen LogP contribution in [0.1, 0.15) is 57.8 Å². The Bertz CT molecular complexity index is 862. The highest BCUT2D eigenvalue weighted by atomic mass is 35.5. The number of rotatable bonds is 6. The highest BCUT2D eigenvalue weighted by Crippen LogP contribution is 2.39. The van der Waals surface area contributed by atoms with Crippen LogP contribution in [-0.4, -0.2) is 25.1 Å². The van der Waals surface area contributed by atoms with E-state index in [1.807, 2.05) is 6.92 Å². The van der Waals surface area contributed by atoms with E-state index in [0.29, 0.717) is 40.1 Å². The van der Waals surface area contributed by atoms with Crippen molar-refractivity contribution in [2.45, 2.75) is 39.5 Å². The van der Waals surface area contributed by atoms with Crippen LogP contribution >= 0.6 is 22.9 Å². The molecular formula is C20H22ClNO4S. The molecule has 144 valence electrons. The minimum Gasteiger partial charge on any atom is -0.492 e. The summed E-state index contributed by atoms with van der Waals surface area (Å²) in [7, 11) is 0. The first kappa shape index (κ1) is 19.7. The molecule has 0 bridgehead atoms. The third-order valence-electron chi connectivity index (χ3n) is 4.37. The minimum atomic E-state index is -0.378. The first-order valence-corrected chi connectivity index (χ1v) is 10.3. The topological polar surface area (TPSA) is 64.6 Å². The molecule has 0 radical (unpaired) electrons. The number of nitrogens with one attached hydrogen (secondary N) is 1. The number of carbonyl (C=O) groups is 2. The predicted molar refractivity (Wildman–Crippen MR) is 107 cm³/mol. The molecule has 0 aliphatic heterocycles. The van der Waals surface area contributed by atoms with Crippen LogP contribution in [0.15, 0.2) is 18.2 Å². The highest BCUT2D eigenvalue weighted by Gasteiger charge is 2.27. The maximum Gasteiger partial charge on any atom is 0.341 e. The van der Waals surface area contributed by atoms with Crippen molar-refractivity contribution in [1.82, 2.24) is 0 Å². The van der Waals surface area contributed by atoms with Crippen molar-refractivity contribution in [3.8, 4) is 5.75 Å². The van der Waals surface area contributed by atoms with Crippen LogP contribution in [0, 0.1) is 0 Å². The van der Waals surface area contributed by atoms with Crippen molar-refractivity contribution in [2.24, 2.45) is 0 Å². The maximum absolute atomic E-state index is 12.7. The van der Waals surface area contributed by atoms with E-state index < -0.39 is 0 Å². The molecule has 5 nitrogen and oxygen atoms in total. The van der Waals surface area contributed by atoms with E-state index in [-0.39, 0.29) is 11.9 Å². The second kappa shape index (κ2) is 8.76. The van der Waals surface area contributed by atoms with E-state index in [0.717, 1.165) is 36.1 Å². The number of amides is 1. The van der Waals surface area contributed by atoms with Gasteiger partial charge in [0.05, 0.1) is 23.8 Å². The molecule has 1 heterocycles. The van der Waals surface area contributed by atoms with Crippen molar-refractivity contribution < 1.29 is 19.1 Å². The zero-order chi connectivity index (χ0) is 19.4. The molecule has 1 N–H and O–H groups in total. The molecule has 1 amide bonds. The van der Waals surface area contributed by atoms with Crippen molar-refractivity contribution in [3.63, 3.8) is 0 Å². The van der Waals surface area contributed by atoms with Gasteiger partial charge in [-0.05, 0) is 63.3 Å². The lowest BCUT2D eigenvalue weighted by Gasteiger charge is -2.12. The largest absolute Gasteiger partial charge is 0.492 e. The van der Waals surface area contributed by atoms with Crippen LogP contribution < -0.4 is 10.1 Å². The van der Waals surface area contributed by atoms with E-state index in [4.69, 9.17) is 21.1 Å². The fraction of sp³-hybridized carbons (Fsp3) is 0.400. The van der Waals surface area contributed by atoms with Gasteiger partial charge in [0.15, 0.2) is 0 Å². The lowest BCUT2D eigenvalue weighted by molar-refractivity contribution is 0.0526. The van der Waals surface area contributed by atoms with Gasteiger partial charge in [-0.2, -0.15) is 0 Å². The summed E-state index contributed by atoms with van der Waals surface area (Å²) in [6.45, 7) is 4.43. The van der Waals surface area contributed by atoms with E-state index in [1.165, 1.54) is 11.3 Å². The fourth-order valence-electron chi connectivity index (χ4n) is 3.16. The number of halogens is 1. The molecule has 1 aromatic heterocycles. The van der Waals surface area contributed by atoms with Gasteiger partial charge in [0.2, 0.25) is 0 Å². The molecular weight excluding hydrogens is 386 g/mol. The van der Waals surface area contributed by atoms with Gasteiger partial charge in [0, 0.05) is 10.4 Å². The average molecular weight is 408 g/mol. The van der Waals surface area contributed by atoms with Gasteiger partial charge in [0.1, 0.15) is 10.8 Å². The van der Waals surface area contributed by atoms with Gasteiger partial charge in [-0.1, -0.05) is 11.6 Å². The van der Waals surface area contributed by atoms with E-state index in [9.17, 15) is 9.59 Å². The van der Waals surface area contributed by atoms with Crippen LogP contribution in [0.5, 0.6) is 5.75 Å². The van der Waals surface area contributed by atoms with Crippen molar-refractivity contribution in [2.75, 3.05) is 18.5 Å². The molecule has 0 unspecified atom stereocenters. The zero-order valence-electron chi connectivity index (χ0n) is 15.4. The molecule has 0 saturated carbocycles. The van der Waals surface area contributed by atoms with Crippen LogP contribution in [0.25, 0.3) is 0 Å². The van der Waals surface area contributed by atoms with E-state index in [2.05, 4.69) is 5.32 Å². The summed E-state index contributed by atoms with van der Waals surface area (Å²) in [4.78, 5) is 26.4. The van der Waals surface area contributed by atoms with E-state index in [1.54, 1.807) is 25.1 Å².